The van der Waals surface area contributed by atoms with Gasteiger partial charge in [0.25, 0.3) is 0 Å². The summed E-state index contributed by atoms with van der Waals surface area (Å²) >= 11 is 0. The summed E-state index contributed by atoms with van der Waals surface area (Å²) < 4.78 is 8.33. The molecule has 7 rings (SSSR count). The molecule has 6 aromatic carbocycles. The van der Waals surface area contributed by atoms with E-state index in [0.29, 0.717) is 12.3 Å². The van der Waals surface area contributed by atoms with Crippen LogP contribution in [-0.4, -0.2) is 14.7 Å². The molecular formula is C40H32N2O2. The highest BCUT2D eigenvalue weighted by molar-refractivity contribution is 5.87. The van der Waals surface area contributed by atoms with E-state index in [-0.39, 0.29) is 6.61 Å². The number of nitrogens with zero attached hydrogens (tertiary/aromatic N) is 2. The Labute approximate surface area is 257 Å². The van der Waals surface area contributed by atoms with Crippen LogP contribution < -0.4 is 4.74 Å². The van der Waals surface area contributed by atoms with Gasteiger partial charge in [-0.25, -0.2) is 4.98 Å². The molecule has 0 bridgehead atoms. The predicted molar refractivity (Wildman–Crippen MR) is 176 cm³/mol. The summed E-state index contributed by atoms with van der Waals surface area (Å²) in [6.45, 7) is 0.358. The van der Waals surface area contributed by atoms with Gasteiger partial charge in [0.05, 0.1) is 12.3 Å². The molecule has 1 heterocycles. The molecule has 0 spiro atoms. The van der Waals surface area contributed by atoms with Crippen molar-refractivity contribution in [2.45, 2.75) is 18.8 Å². The van der Waals surface area contributed by atoms with Crippen molar-refractivity contribution in [2.75, 3.05) is 0 Å². The van der Waals surface area contributed by atoms with Crippen LogP contribution in [0.15, 0.2) is 164 Å². The molecule has 4 heteroatoms. The third kappa shape index (κ3) is 5.06. The molecule has 0 amide bonds. The second-order valence-corrected chi connectivity index (χ2v) is 10.9. The molecule has 0 aliphatic rings. The van der Waals surface area contributed by atoms with E-state index in [9.17, 15) is 5.11 Å². The SMILES string of the molecule is OCc1cn(C(c2ccccc2)(c2ccccc2)c2ccccc2)c(-c2ccc3cc(OCc4ccccc4)ccc3c2)n1. The number of benzene rings is 6. The van der Waals surface area contributed by atoms with Gasteiger partial charge in [0.1, 0.15) is 23.7 Å². The molecule has 44 heavy (non-hydrogen) atoms. The lowest BCUT2D eigenvalue weighted by molar-refractivity contribution is 0.277. The zero-order valence-electron chi connectivity index (χ0n) is 24.3. The number of aliphatic hydroxyl groups excluding tert-OH is 1. The average molecular weight is 573 g/mol. The van der Waals surface area contributed by atoms with Crippen molar-refractivity contribution in [3.63, 3.8) is 0 Å². The van der Waals surface area contributed by atoms with Crippen molar-refractivity contribution >= 4 is 10.8 Å². The summed E-state index contributed by atoms with van der Waals surface area (Å²) in [6.07, 6.45) is 1.99. The minimum atomic E-state index is -0.746. The van der Waals surface area contributed by atoms with Gasteiger partial charge in [-0.1, -0.05) is 140 Å². The van der Waals surface area contributed by atoms with Crippen LogP contribution in [0.5, 0.6) is 5.75 Å². The zero-order chi connectivity index (χ0) is 29.8. The number of fused-ring (bicyclic) bond motifs is 1. The molecule has 7 aromatic rings. The van der Waals surface area contributed by atoms with Gasteiger partial charge in [-0.3, -0.25) is 0 Å². The minimum absolute atomic E-state index is 0.163. The number of hydrogen-bond acceptors (Lipinski definition) is 3. The van der Waals surface area contributed by atoms with Crippen LogP contribution in [0.3, 0.4) is 0 Å². The summed E-state index contributed by atoms with van der Waals surface area (Å²) in [6, 6.07) is 54.4. The van der Waals surface area contributed by atoms with Crippen LogP contribution in [0.1, 0.15) is 27.9 Å². The Bertz CT molecular complexity index is 1890. The van der Waals surface area contributed by atoms with E-state index < -0.39 is 5.54 Å². The Morgan fingerprint density at radius 3 is 1.68 bits per heavy atom. The van der Waals surface area contributed by atoms with Gasteiger partial charge >= 0.3 is 0 Å². The fraction of sp³-hybridized carbons (Fsp3) is 0.0750. The number of imidazole rings is 1. The highest BCUT2D eigenvalue weighted by Gasteiger charge is 2.40. The summed E-state index contributed by atoms with van der Waals surface area (Å²) in [4.78, 5) is 5.02. The number of rotatable bonds is 9. The first-order valence-corrected chi connectivity index (χ1v) is 14.8. The van der Waals surface area contributed by atoms with Gasteiger partial charge in [0.15, 0.2) is 0 Å². The Kier molecular flexibility index (Phi) is 7.49. The molecule has 4 nitrogen and oxygen atoms in total. The van der Waals surface area contributed by atoms with Crippen molar-refractivity contribution in [1.29, 1.82) is 0 Å². The minimum Gasteiger partial charge on any atom is -0.489 e. The Morgan fingerprint density at radius 2 is 1.11 bits per heavy atom. The lowest BCUT2D eigenvalue weighted by Gasteiger charge is -2.38. The summed E-state index contributed by atoms with van der Waals surface area (Å²) in [5.41, 5.74) is 5.25. The topological polar surface area (TPSA) is 47.3 Å². The van der Waals surface area contributed by atoms with Crippen molar-refractivity contribution in [2.24, 2.45) is 0 Å². The van der Waals surface area contributed by atoms with E-state index >= 15 is 0 Å². The summed E-state index contributed by atoms with van der Waals surface area (Å²) in [5, 5.41) is 12.5. The third-order valence-corrected chi connectivity index (χ3v) is 8.17. The molecule has 0 saturated carbocycles. The number of ether oxygens (including phenoxy) is 1. The number of hydrogen-bond donors (Lipinski definition) is 1. The van der Waals surface area contributed by atoms with Crippen LogP contribution in [0.2, 0.25) is 0 Å². The standard InChI is InChI=1S/C40H32N2O2/c43-28-37-27-42(40(34-15-7-2-8-16-34,35-17-9-3-10-18-35)36-19-11-4-12-20-36)39(41-37)33-22-21-32-26-38(24-23-31(32)25-33)44-29-30-13-5-1-6-14-30/h1-27,43H,28-29H2. The van der Waals surface area contributed by atoms with E-state index in [4.69, 9.17) is 9.72 Å². The van der Waals surface area contributed by atoms with Gasteiger partial charge in [0, 0.05) is 11.8 Å². The molecule has 0 aliphatic heterocycles. The molecule has 0 atom stereocenters. The first kappa shape index (κ1) is 27.4. The smallest absolute Gasteiger partial charge is 0.141 e. The molecular weight excluding hydrogens is 540 g/mol. The van der Waals surface area contributed by atoms with E-state index in [1.54, 1.807) is 0 Å². The molecule has 0 fully saturated rings. The fourth-order valence-electron chi connectivity index (χ4n) is 6.11. The van der Waals surface area contributed by atoms with Gasteiger partial charge in [0.2, 0.25) is 0 Å². The second kappa shape index (κ2) is 12.0. The molecule has 0 unspecified atom stereocenters. The first-order chi connectivity index (χ1) is 21.8. The van der Waals surface area contributed by atoms with E-state index in [1.165, 1.54) is 0 Å². The van der Waals surface area contributed by atoms with Crippen LogP contribution in [-0.2, 0) is 18.8 Å². The maximum atomic E-state index is 10.3. The van der Waals surface area contributed by atoms with E-state index in [1.807, 2.05) is 48.7 Å². The normalized spacial score (nSPS) is 11.5. The molecule has 214 valence electrons. The molecule has 0 radical (unpaired) electrons. The number of aromatic nitrogens is 2. The number of aliphatic hydroxyl groups is 1. The van der Waals surface area contributed by atoms with Crippen molar-refractivity contribution in [1.82, 2.24) is 9.55 Å². The highest BCUT2D eigenvalue weighted by atomic mass is 16.5. The van der Waals surface area contributed by atoms with Gasteiger partial charge in [-0.15, -0.1) is 0 Å². The predicted octanol–water partition coefficient (Wildman–Crippen LogP) is 8.61. The first-order valence-electron chi connectivity index (χ1n) is 14.8. The third-order valence-electron chi connectivity index (χ3n) is 8.17. The quantitative estimate of drug-likeness (QED) is 0.176. The largest absolute Gasteiger partial charge is 0.489 e. The highest BCUT2D eigenvalue weighted by Crippen LogP contribution is 2.43. The maximum Gasteiger partial charge on any atom is 0.141 e. The van der Waals surface area contributed by atoms with Crippen molar-refractivity contribution < 1.29 is 9.84 Å². The maximum absolute atomic E-state index is 10.3. The average Bonchev–Trinajstić information content (AvgIpc) is 3.54. The van der Waals surface area contributed by atoms with Crippen LogP contribution in [0.25, 0.3) is 22.2 Å². The van der Waals surface area contributed by atoms with Crippen LogP contribution in [0.4, 0.5) is 0 Å². The molecule has 1 aromatic heterocycles. The van der Waals surface area contributed by atoms with Crippen molar-refractivity contribution in [3.05, 3.63) is 192 Å². The Morgan fingerprint density at radius 1 is 0.591 bits per heavy atom. The summed E-state index contributed by atoms with van der Waals surface area (Å²) in [5.74, 6) is 1.60. The Hall–Kier alpha value is -5.45. The zero-order valence-corrected chi connectivity index (χ0v) is 24.3. The van der Waals surface area contributed by atoms with Crippen LogP contribution >= 0.6 is 0 Å². The fourth-order valence-corrected chi connectivity index (χ4v) is 6.11. The molecule has 1 N–H and O–H groups in total. The van der Waals surface area contributed by atoms with Crippen molar-refractivity contribution in [3.8, 4) is 17.1 Å². The van der Waals surface area contributed by atoms with E-state index in [0.717, 1.165) is 50.2 Å². The van der Waals surface area contributed by atoms with Gasteiger partial charge < -0.3 is 14.4 Å². The van der Waals surface area contributed by atoms with Gasteiger partial charge in [-0.05, 0) is 51.2 Å². The summed E-state index contributed by atoms with van der Waals surface area (Å²) in [7, 11) is 0. The van der Waals surface area contributed by atoms with E-state index in [2.05, 4.69) is 120 Å². The van der Waals surface area contributed by atoms with Gasteiger partial charge in [-0.2, -0.15) is 0 Å². The Balaban J connectivity index is 1.39. The lowest BCUT2D eigenvalue weighted by atomic mass is 9.76. The molecule has 0 saturated heterocycles. The second-order valence-electron chi connectivity index (χ2n) is 10.9. The molecule has 0 aliphatic carbocycles. The lowest BCUT2D eigenvalue weighted by Crippen LogP contribution is -2.37. The van der Waals surface area contributed by atoms with Crippen LogP contribution in [0, 0.1) is 0 Å². The monoisotopic (exact) mass is 572 g/mol.